The number of hydrogen-bond donors (Lipinski definition) is 2. The highest BCUT2D eigenvalue weighted by Gasteiger charge is 2.23. The van der Waals surface area contributed by atoms with Gasteiger partial charge in [-0.1, -0.05) is 28.1 Å². The van der Waals surface area contributed by atoms with Crippen molar-refractivity contribution in [2.45, 2.75) is 31.9 Å². The highest BCUT2D eigenvalue weighted by atomic mass is 79.9. The van der Waals surface area contributed by atoms with E-state index in [1.165, 1.54) is 0 Å². The van der Waals surface area contributed by atoms with Gasteiger partial charge in [0.15, 0.2) is 0 Å². The van der Waals surface area contributed by atoms with Gasteiger partial charge in [-0.15, -0.1) is 0 Å². The molecular formula is C14H18BrNO3. The first kappa shape index (κ1) is 14.5. The van der Waals surface area contributed by atoms with Crippen LogP contribution in [0.4, 0.5) is 0 Å². The Morgan fingerprint density at radius 2 is 2.42 bits per heavy atom. The van der Waals surface area contributed by atoms with Crippen molar-refractivity contribution in [3.63, 3.8) is 0 Å². The quantitative estimate of drug-likeness (QED) is 0.872. The zero-order valence-electron chi connectivity index (χ0n) is 10.9. The van der Waals surface area contributed by atoms with Crippen LogP contribution in [0.15, 0.2) is 22.7 Å². The second-order valence-corrected chi connectivity index (χ2v) is 5.68. The van der Waals surface area contributed by atoms with Gasteiger partial charge in [-0.2, -0.15) is 0 Å². The Hall–Kier alpha value is -0.910. The van der Waals surface area contributed by atoms with Gasteiger partial charge in [-0.25, -0.2) is 0 Å². The van der Waals surface area contributed by atoms with E-state index in [2.05, 4.69) is 21.2 Å². The van der Waals surface area contributed by atoms with Crippen LogP contribution in [0.1, 0.15) is 30.0 Å². The molecule has 0 spiro atoms. The van der Waals surface area contributed by atoms with Crippen LogP contribution >= 0.6 is 15.9 Å². The third-order valence-corrected chi connectivity index (χ3v) is 4.23. The summed E-state index contributed by atoms with van der Waals surface area (Å²) in [6, 6.07) is 4.92. The minimum Gasteiger partial charge on any atom is -0.480 e. The summed E-state index contributed by atoms with van der Waals surface area (Å²) in [6.07, 6.45) is 2.19. The SMILES string of the molecule is Cc1cc(C(NCC2CCCO2)C(=O)O)ccc1Br. The molecule has 1 aliphatic rings. The number of benzene rings is 1. The minimum atomic E-state index is -0.861. The lowest BCUT2D eigenvalue weighted by Crippen LogP contribution is -2.34. The minimum absolute atomic E-state index is 0.137. The van der Waals surface area contributed by atoms with Crippen molar-refractivity contribution >= 4 is 21.9 Å². The van der Waals surface area contributed by atoms with Crippen LogP contribution in [-0.4, -0.2) is 30.3 Å². The van der Waals surface area contributed by atoms with Crippen molar-refractivity contribution in [2.75, 3.05) is 13.2 Å². The zero-order chi connectivity index (χ0) is 13.8. The summed E-state index contributed by atoms with van der Waals surface area (Å²) in [5, 5.41) is 12.4. The summed E-state index contributed by atoms with van der Waals surface area (Å²) in [4.78, 5) is 11.4. The van der Waals surface area contributed by atoms with Crippen LogP contribution in [0.25, 0.3) is 0 Å². The summed E-state index contributed by atoms with van der Waals surface area (Å²) in [5.41, 5.74) is 1.80. The molecule has 2 atom stereocenters. The lowest BCUT2D eigenvalue weighted by Gasteiger charge is -2.18. The fourth-order valence-electron chi connectivity index (χ4n) is 2.25. The Morgan fingerprint density at radius 1 is 1.63 bits per heavy atom. The Balaban J connectivity index is 2.05. The molecule has 0 bridgehead atoms. The number of carboxylic acid groups (broad SMARTS) is 1. The molecule has 1 saturated heterocycles. The number of nitrogens with one attached hydrogen (secondary N) is 1. The molecule has 2 N–H and O–H groups in total. The zero-order valence-corrected chi connectivity index (χ0v) is 12.4. The van der Waals surface area contributed by atoms with Gasteiger partial charge in [-0.3, -0.25) is 10.1 Å². The number of ether oxygens (including phenoxy) is 1. The maximum Gasteiger partial charge on any atom is 0.325 e. The normalized spacial score (nSPS) is 20.4. The fraction of sp³-hybridized carbons (Fsp3) is 0.500. The van der Waals surface area contributed by atoms with E-state index in [-0.39, 0.29) is 6.10 Å². The standard InChI is InChI=1S/C14H18BrNO3/c1-9-7-10(4-5-12(9)15)13(14(17)18)16-8-11-3-2-6-19-11/h4-5,7,11,13,16H,2-3,6,8H2,1H3,(H,17,18). The molecule has 0 amide bonds. The van der Waals surface area contributed by atoms with Crippen molar-refractivity contribution in [3.05, 3.63) is 33.8 Å². The molecule has 1 heterocycles. The summed E-state index contributed by atoms with van der Waals surface area (Å²) in [5.74, 6) is -0.861. The summed E-state index contributed by atoms with van der Waals surface area (Å²) in [6.45, 7) is 3.31. The smallest absolute Gasteiger partial charge is 0.325 e. The Labute approximate surface area is 121 Å². The molecule has 1 aromatic rings. The molecule has 5 heteroatoms. The maximum atomic E-state index is 11.4. The van der Waals surface area contributed by atoms with Crippen LogP contribution in [-0.2, 0) is 9.53 Å². The molecule has 104 valence electrons. The van der Waals surface area contributed by atoms with Crippen molar-refractivity contribution in [3.8, 4) is 0 Å². The molecule has 1 fully saturated rings. The topological polar surface area (TPSA) is 58.6 Å². The molecule has 2 unspecified atom stereocenters. The average molecular weight is 328 g/mol. The van der Waals surface area contributed by atoms with Gasteiger partial charge in [-0.05, 0) is 37.0 Å². The first-order valence-electron chi connectivity index (χ1n) is 6.42. The predicted octanol–water partition coefficient (Wildman–Crippen LogP) is 2.65. The Bertz CT molecular complexity index is 458. The Kier molecular flexibility index (Phi) is 4.96. The average Bonchev–Trinajstić information content (AvgIpc) is 2.86. The van der Waals surface area contributed by atoms with Crippen LogP contribution in [0, 0.1) is 6.92 Å². The van der Waals surface area contributed by atoms with Gasteiger partial charge in [0.25, 0.3) is 0 Å². The third kappa shape index (κ3) is 3.78. The number of carboxylic acids is 1. The van der Waals surface area contributed by atoms with Crippen LogP contribution in [0.2, 0.25) is 0 Å². The predicted molar refractivity (Wildman–Crippen MR) is 76.2 cm³/mol. The second kappa shape index (κ2) is 6.50. The second-order valence-electron chi connectivity index (χ2n) is 4.82. The monoisotopic (exact) mass is 327 g/mol. The molecule has 0 aliphatic carbocycles. The van der Waals surface area contributed by atoms with E-state index in [0.29, 0.717) is 6.54 Å². The Morgan fingerprint density at radius 3 is 3.00 bits per heavy atom. The van der Waals surface area contributed by atoms with Crippen LogP contribution in [0.5, 0.6) is 0 Å². The van der Waals surface area contributed by atoms with Crippen LogP contribution in [0.3, 0.4) is 0 Å². The first-order valence-corrected chi connectivity index (χ1v) is 7.21. The fourth-order valence-corrected chi connectivity index (χ4v) is 2.50. The molecule has 0 saturated carbocycles. The highest BCUT2D eigenvalue weighted by molar-refractivity contribution is 9.10. The van der Waals surface area contributed by atoms with E-state index in [1.807, 2.05) is 25.1 Å². The number of aryl methyl sites for hydroxylation is 1. The van der Waals surface area contributed by atoms with Gasteiger partial charge < -0.3 is 9.84 Å². The van der Waals surface area contributed by atoms with Crippen molar-refractivity contribution in [1.29, 1.82) is 0 Å². The van der Waals surface area contributed by atoms with Crippen molar-refractivity contribution in [2.24, 2.45) is 0 Å². The lowest BCUT2D eigenvalue weighted by atomic mass is 10.0. The number of rotatable bonds is 5. The van der Waals surface area contributed by atoms with Crippen LogP contribution < -0.4 is 5.32 Å². The molecule has 2 rings (SSSR count). The largest absolute Gasteiger partial charge is 0.480 e. The van der Waals surface area contributed by atoms with E-state index >= 15 is 0 Å². The number of halogens is 1. The van der Waals surface area contributed by atoms with E-state index in [0.717, 1.165) is 35.0 Å². The van der Waals surface area contributed by atoms with Crippen molar-refractivity contribution in [1.82, 2.24) is 5.32 Å². The molecule has 19 heavy (non-hydrogen) atoms. The summed E-state index contributed by atoms with van der Waals surface area (Å²) in [7, 11) is 0. The van der Waals surface area contributed by atoms with Gasteiger partial charge >= 0.3 is 5.97 Å². The highest BCUT2D eigenvalue weighted by Crippen LogP contribution is 2.22. The molecule has 0 radical (unpaired) electrons. The molecule has 1 aliphatic heterocycles. The first-order chi connectivity index (χ1) is 9.08. The molecule has 1 aromatic carbocycles. The number of hydrogen-bond acceptors (Lipinski definition) is 3. The van der Waals surface area contributed by atoms with E-state index < -0.39 is 12.0 Å². The van der Waals surface area contributed by atoms with E-state index in [9.17, 15) is 9.90 Å². The van der Waals surface area contributed by atoms with Gasteiger partial charge in [0.2, 0.25) is 0 Å². The molecule has 4 nitrogen and oxygen atoms in total. The summed E-state index contributed by atoms with van der Waals surface area (Å²) < 4.78 is 6.48. The third-order valence-electron chi connectivity index (χ3n) is 3.34. The van der Waals surface area contributed by atoms with Crippen molar-refractivity contribution < 1.29 is 14.6 Å². The van der Waals surface area contributed by atoms with E-state index in [4.69, 9.17) is 4.74 Å². The number of carbonyl (C=O) groups is 1. The molecular weight excluding hydrogens is 310 g/mol. The van der Waals surface area contributed by atoms with Gasteiger partial charge in [0, 0.05) is 17.6 Å². The van der Waals surface area contributed by atoms with E-state index in [1.54, 1.807) is 0 Å². The molecule has 0 aromatic heterocycles. The lowest BCUT2D eigenvalue weighted by molar-refractivity contribution is -0.139. The van der Waals surface area contributed by atoms with Gasteiger partial charge in [0.1, 0.15) is 6.04 Å². The van der Waals surface area contributed by atoms with Gasteiger partial charge in [0.05, 0.1) is 6.10 Å². The maximum absolute atomic E-state index is 11.4. The summed E-state index contributed by atoms with van der Waals surface area (Å²) >= 11 is 3.42. The number of aliphatic carboxylic acids is 1.